The van der Waals surface area contributed by atoms with Crippen LogP contribution < -0.4 is 0 Å². The zero-order valence-electron chi connectivity index (χ0n) is 6.31. The Balaban J connectivity index is 0. The second-order valence-corrected chi connectivity index (χ2v) is 1.85. The summed E-state index contributed by atoms with van der Waals surface area (Å²) in [6.45, 7) is 4.36. The Morgan fingerprint density at radius 1 is 1.12 bits per heavy atom. The summed E-state index contributed by atoms with van der Waals surface area (Å²) < 4.78 is 0. The monoisotopic (exact) mass is 119 g/mol. The van der Waals surface area contributed by atoms with E-state index in [4.69, 9.17) is 5.21 Å². The Labute approximate surface area is 52.1 Å². The van der Waals surface area contributed by atoms with Gasteiger partial charge in [0, 0.05) is 14.1 Å². The van der Waals surface area contributed by atoms with Crippen LogP contribution in [-0.2, 0) is 0 Å². The molecule has 2 nitrogen and oxygen atoms in total. The lowest BCUT2D eigenvalue weighted by molar-refractivity contribution is -0.0372. The fourth-order valence-electron chi connectivity index (χ4n) is 0. The highest BCUT2D eigenvalue weighted by Crippen LogP contribution is 1.76. The van der Waals surface area contributed by atoms with Crippen molar-refractivity contribution >= 4 is 0 Å². The molecule has 0 rings (SSSR count). The quantitative estimate of drug-likeness (QED) is 0.531. The summed E-state index contributed by atoms with van der Waals surface area (Å²) in [6, 6.07) is 0. The van der Waals surface area contributed by atoms with Gasteiger partial charge in [-0.05, 0) is 0 Å². The van der Waals surface area contributed by atoms with E-state index in [1.807, 2.05) is 0 Å². The van der Waals surface area contributed by atoms with E-state index < -0.39 is 0 Å². The number of hydroxylamine groups is 2. The van der Waals surface area contributed by atoms with Gasteiger partial charge in [0.2, 0.25) is 0 Å². The van der Waals surface area contributed by atoms with Crippen molar-refractivity contribution in [3.8, 4) is 0 Å². The Morgan fingerprint density at radius 3 is 1.25 bits per heavy atom. The molecular weight excluding hydrogens is 102 g/mol. The third-order valence-electron chi connectivity index (χ3n) is 0.500. The maximum atomic E-state index is 7.89. The topological polar surface area (TPSA) is 23.5 Å². The minimum atomic E-state index is 1.00. The zero-order chi connectivity index (χ0) is 6.99. The van der Waals surface area contributed by atoms with Crippen LogP contribution in [0.1, 0.15) is 26.7 Å². The smallest absolute Gasteiger partial charge is 0.0121 e. The van der Waals surface area contributed by atoms with Crippen molar-refractivity contribution in [3.63, 3.8) is 0 Å². The third-order valence-corrected chi connectivity index (χ3v) is 0.500. The molecule has 8 heavy (non-hydrogen) atoms. The molecule has 0 saturated heterocycles. The largest absolute Gasteiger partial charge is 0.315 e. The van der Waals surface area contributed by atoms with E-state index in [-0.39, 0.29) is 0 Å². The molecule has 0 radical (unpaired) electrons. The van der Waals surface area contributed by atoms with Crippen molar-refractivity contribution < 1.29 is 5.21 Å². The maximum absolute atomic E-state index is 7.89. The van der Waals surface area contributed by atoms with E-state index in [9.17, 15) is 0 Å². The number of hydrogen-bond acceptors (Lipinski definition) is 2. The molecule has 0 spiro atoms. The molecule has 0 aromatic carbocycles. The Kier molecular flexibility index (Phi) is 13.6. The first-order chi connectivity index (χ1) is 3.65. The molecule has 52 valence electrons. The van der Waals surface area contributed by atoms with Crippen LogP contribution in [-0.4, -0.2) is 24.4 Å². The van der Waals surface area contributed by atoms with Crippen molar-refractivity contribution in [3.05, 3.63) is 0 Å². The predicted molar refractivity (Wildman–Crippen MR) is 36.1 cm³/mol. The van der Waals surface area contributed by atoms with Gasteiger partial charge in [0.05, 0.1) is 0 Å². The van der Waals surface area contributed by atoms with Crippen molar-refractivity contribution in [1.82, 2.24) is 5.06 Å². The summed E-state index contributed by atoms with van der Waals surface area (Å²) in [4.78, 5) is 0. The highest BCUT2D eigenvalue weighted by atomic mass is 16.5. The molecule has 0 aromatic heterocycles. The van der Waals surface area contributed by atoms with Crippen molar-refractivity contribution in [1.29, 1.82) is 0 Å². The van der Waals surface area contributed by atoms with Crippen molar-refractivity contribution in [2.24, 2.45) is 0 Å². The summed E-state index contributed by atoms with van der Waals surface area (Å²) >= 11 is 0. The van der Waals surface area contributed by atoms with Crippen LogP contribution in [0.25, 0.3) is 0 Å². The molecule has 0 aliphatic rings. The van der Waals surface area contributed by atoms with Crippen LogP contribution in [0.2, 0.25) is 0 Å². The minimum absolute atomic E-state index is 1.00. The second-order valence-electron chi connectivity index (χ2n) is 1.85. The van der Waals surface area contributed by atoms with Crippen molar-refractivity contribution in [2.75, 3.05) is 14.1 Å². The van der Waals surface area contributed by atoms with Gasteiger partial charge in [0.25, 0.3) is 0 Å². The van der Waals surface area contributed by atoms with E-state index in [1.54, 1.807) is 14.1 Å². The van der Waals surface area contributed by atoms with Gasteiger partial charge in [-0.25, -0.2) is 0 Å². The van der Waals surface area contributed by atoms with Crippen LogP contribution >= 0.6 is 0 Å². The van der Waals surface area contributed by atoms with Gasteiger partial charge >= 0.3 is 0 Å². The van der Waals surface area contributed by atoms with E-state index in [0.717, 1.165) is 5.06 Å². The molecule has 0 atom stereocenters. The predicted octanol–water partition coefficient (Wildman–Crippen LogP) is 1.74. The van der Waals surface area contributed by atoms with Gasteiger partial charge < -0.3 is 5.21 Å². The van der Waals surface area contributed by atoms with E-state index >= 15 is 0 Å². The highest BCUT2D eigenvalue weighted by molar-refractivity contribution is 4.12. The number of hydrogen-bond donors (Lipinski definition) is 1. The lowest BCUT2D eigenvalue weighted by atomic mass is 10.4. The minimum Gasteiger partial charge on any atom is -0.315 e. The molecular formula is C6H17NO. The molecule has 0 amide bonds. The van der Waals surface area contributed by atoms with Crippen LogP contribution in [0.4, 0.5) is 0 Å². The summed E-state index contributed by atoms with van der Waals surface area (Å²) in [5.74, 6) is 0. The third kappa shape index (κ3) is 169. The molecule has 2 heteroatoms. The number of rotatable bonds is 1. The van der Waals surface area contributed by atoms with Crippen LogP contribution in [0.5, 0.6) is 0 Å². The van der Waals surface area contributed by atoms with Gasteiger partial charge in [0.1, 0.15) is 0 Å². The van der Waals surface area contributed by atoms with Gasteiger partial charge in [-0.15, -0.1) is 0 Å². The van der Waals surface area contributed by atoms with Crippen LogP contribution in [0, 0.1) is 0 Å². The maximum Gasteiger partial charge on any atom is 0.0121 e. The SMILES string of the molecule is CCCC.CN(C)O. The molecule has 0 unspecified atom stereocenters. The Hall–Kier alpha value is -0.0800. The first-order valence-electron chi connectivity index (χ1n) is 3.01. The normalized spacial score (nSPS) is 8.25. The summed E-state index contributed by atoms with van der Waals surface area (Å²) in [5.41, 5.74) is 0. The highest BCUT2D eigenvalue weighted by Gasteiger charge is 1.59. The molecule has 1 N–H and O–H groups in total. The molecule has 0 aromatic rings. The lowest BCUT2D eigenvalue weighted by Crippen LogP contribution is -2.01. The second kappa shape index (κ2) is 10.0. The molecule has 0 aliphatic heterocycles. The average molecular weight is 119 g/mol. The molecule has 0 aliphatic carbocycles. The summed E-state index contributed by atoms with van der Waals surface area (Å²) in [5, 5.41) is 8.89. The standard InChI is InChI=1S/C4H10.C2H7NO/c1-3-4-2;1-3(2)4/h3-4H2,1-2H3;4H,1-2H3. The Morgan fingerprint density at radius 2 is 1.25 bits per heavy atom. The van der Waals surface area contributed by atoms with Gasteiger partial charge in [-0.1, -0.05) is 26.7 Å². The molecule has 0 fully saturated rings. The lowest BCUT2D eigenvalue weighted by Gasteiger charge is -1.89. The average Bonchev–Trinajstić information content (AvgIpc) is 1.65. The van der Waals surface area contributed by atoms with Crippen LogP contribution in [0.3, 0.4) is 0 Å². The van der Waals surface area contributed by atoms with Crippen LogP contribution in [0.15, 0.2) is 0 Å². The zero-order valence-corrected chi connectivity index (χ0v) is 6.31. The Bertz CT molecular complexity index is 25.0. The summed E-state index contributed by atoms with van der Waals surface area (Å²) in [6.07, 6.45) is 2.64. The van der Waals surface area contributed by atoms with Crippen molar-refractivity contribution in [2.45, 2.75) is 26.7 Å². The fourth-order valence-corrected chi connectivity index (χ4v) is 0. The number of unbranched alkanes of at least 4 members (excludes halogenated alkanes) is 1. The molecule has 0 bridgehead atoms. The van der Waals surface area contributed by atoms with E-state index in [2.05, 4.69) is 13.8 Å². The molecule has 0 saturated carbocycles. The molecule has 0 heterocycles. The number of nitrogens with zero attached hydrogens (tertiary/aromatic N) is 1. The van der Waals surface area contributed by atoms with E-state index in [0.29, 0.717) is 0 Å². The van der Waals surface area contributed by atoms with Gasteiger partial charge in [-0.2, -0.15) is 5.06 Å². The van der Waals surface area contributed by atoms with Gasteiger partial charge in [-0.3, -0.25) is 0 Å². The fraction of sp³-hybridized carbons (Fsp3) is 1.00. The first kappa shape index (κ1) is 10.8. The summed E-state index contributed by atoms with van der Waals surface area (Å²) in [7, 11) is 3.11. The first-order valence-corrected chi connectivity index (χ1v) is 3.01. The van der Waals surface area contributed by atoms with Gasteiger partial charge in [0.15, 0.2) is 0 Å². The van der Waals surface area contributed by atoms with E-state index in [1.165, 1.54) is 12.8 Å².